The van der Waals surface area contributed by atoms with Crippen molar-refractivity contribution in [3.05, 3.63) is 35.9 Å². The minimum Gasteiger partial charge on any atom is -0.370 e. The number of carbonyl (C=O) groups excluding carboxylic acids is 1. The molecule has 2 nitrogen and oxygen atoms in total. The fraction of sp³-hybridized carbons (Fsp3) is 0.364. The molecule has 2 atom stereocenters. The Morgan fingerprint density at radius 2 is 2.00 bits per heavy atom. The average Bonchev–Trinajstić information content (AvgIpc) is 2.79. The Morgan fingerprint density at radius 1 is 1.31 bits per heavy atom. The minimum absolute atomic E-state index is 0.00106. The summed E-state index contributed by atoms with van der Waals surface area (Å²) in [6.45, 7) is 2.52. The lowest BCUT2D eigenvalue weighted by molar-refractivity contribution is -0.113. The van der Waals surface area contributed by atoms with E-state index in [1.54, 1.807) is 0 Å². The first-order chi connectivity index (χ1) is 6.34. The smallest absolute Gasteiger partial charge is 0.173 e. The van der Waals surface area contributed by atoms with Crippen molar-refractivity contribution in [3.8, 4) is 0 Å². The van der Waals surface area contributed by atoms with Gasteiger partial charge >= 0.3 is 0 Å². The van der Waals surface area contributed by atoms with E-state index in [1.807, 2.05) is 37.3 Å². The molecule has 0 N–H and O–H groups in total. The summed E-state index contributed by atoms with van der Waals surface area (Å²) in [5.41, 5.74) is 1.07. The van der Waals surface area contributed by atoms with Gasteiger partial charge in [-0.05, 0) is 12.5 Å². The van der Waals surface area contributed by atoms with Gasteiger partial charge in [-0.25, -0.2) is 0 Å². The molecule has 0 bridgehead atoms. The zero-order chi connectivity index (χ0) is 9.26. The Bertz CT molecular complexity index is 305. The van der Waals surface area contributed by atoms with Gasteiger partial charge < -0.3 is 4.74 Å². The normalized spacial score (nSPS) is 26.1. The van der Waals surface area contributed by atoms with Gasteiger partial charge in [0.05, 0.1) is 5.92 Å². The van der Waals surface area contributed by atoms with Crippen LogP contribution in [0.2, 0.25) is 0 Å². The van der Waals surface area contributed by atoms with E-state index in [9.17, 15) is 4.79 Å². The summed E-state index contributed by atoms with van der Waals surface area (Å²) in [6.07, 6.45) is -0.174. The van der Waals surface area contributed by atoms with Crippen LogP contribution < -0.4 is 0 Å². The third-order valence-electron chi connectivity index (χ3n) is 2.29. The first kappa shape index (κ1) is 8.45. The van der Waals surface area contributed by atoms with Crippen LogP contribution in [0.25, 0.3) is 0 Å². The van der Waals surface area contributed by atoms with Crippen LogP contribution in [0.1, 0.15) is 18.4 Å². The van der Waals surface area contributed by atoms with E-state index < -0.39 is 0 Å². The van der Waals surface area contributed by atoms with Crippen molar-refractivity contribution in [1.29, 1.82) is 0 Å². The largest absolute Gasteiger partial charge is 0.370 e. The summed E-state index contributed by atoms with van der Waals surface area (Å²) in [5, 5.41) is 0. The van der Waals surface area contributed by atoms with E-state index in [2.05, 4.69) is 0 Å². The van der Waals surface area contributed by atoms with Gasteiger partial charge in [0.25, 0.3) is 0 Å². The summed E-state index contributed by atoms with van der Waals surface area (Å²) < 4.78 is 5.28. The van der Waals surface area contributed by atoms with Gasteiger partial charge in [-0.3, -0.25) is 4.79 Å². The predicted octanol–water partition coefficient (Wildman–Crippen LogP) is 1.76. The quantitative estimate of drug-likeness (QED) is 0.701. The fourth-order valence-corrected chi connectivity index (χ4v) is 1.57. The Kier molecular flexibility index (Phi) is 2.15. The molecule has 68 valence electrons. The predicted molar refractivity (Wildman–Crippen MR) is 49.6 cm³/mol. The first-order valence-electron chi connectivity index (χ1n) is 4.55. The molecule has 1 aliphatic rings. The highest BCUT2D eigenvalue weighted by Gasteiger charge is 2.51. The minimum atomic E-state index is -0.174. The van der Waals surface area contributed by atoms with Gasteiger partial charge in [-0.1, -0.05) is 30.3 Å². The summed E-state index contributed by atoms with van der Waals surface area (Å²) >= 11 is 0. The second-order valence-electron chi connectivity index (χ2n) is 3.17. The maximum atomic E-state index is 11.3. The van der Waals surface area contributed by atoms with Crippen LogP contribution in [-0.2, 0) is 9.53 Å². The summed E-state index contributed by atoms with van der Waals surface area (Å²) in [4.78, 5) is 11.3. The molecule has 0 heterocycles. The highest BCUT2D eigenvalue weighted by Crippen LogP contribution is 2.38. The van der Waals surface area contributed by atoms with E-state index in [4.69, 9.17) is 4.74 Å². The molecule has 0 radical (unpaired) electrons. The molecule has 1 aromatic rings. The number of benzene rings is 1. The fourth-order valence-electron chi connectivity index (χ4n) is 1.57. The Morgan fingerprint density at radius 3 is 2.62 bits per heavy atom. The molecule has 0 aromatic heterocycles. The van der Waals surface area contributed by atoms with Crippen molar-refractivity contribution < 1.29 is 9.53 Å². The van der Waals surface area contributed by atoms with Crippen LogP contribution >= 0.6 is 0 Å². The molecule has 1 aromatic carbocycles. The van der Waals surface area contributed by atoms with Crippen LogP contribution in [0, 0.1) is 0 Å². The SMILES string of the molecule is CCOC1C(=O)C1c1ccccc1. The van der Waals surface area contributed by atoms with Crippen LogP contribution in [0.5, 0.6) is 0 Å². The molecule has 0 spiro atoms. The molecule has 2 heteroatoms. The van der Waals surface area contributed by atoms with Crippen LogP contribution in [0.15, 0.2) is 30.3 Å². The van der Waals surface area contributed by atoms with Gasteiger partial charge in [0.2, 0.25) is 0 Å². The number of ether oxygens (including phenoxy) is 1. The van der Waals surface area contributed by atoms with E-state index in [-0.39, 0.29) is 17.8 Å². The molecule has 1 aliphatic carbocycles. The maximum Gasteiger partial charge on any atom is 0.173 e. The second kappa shape index (κ2) is 3.30. The van der Waals surface area contributed by atoms with Crippen molar-refractivity contribution in [3.63, 3.8) is 0 Å². The van der Waals surface area contributed by atoms with Crippen LogP contribution in [0.3, 0.4) is 0 Å². The molecule has 0 amide bonds. The van der Waals surface area contributed by atoms with Gasteiger partial charge in [0.15, 0.2) is 5.78 Å². The van der Waals surface area contributed by atoms with Crippen molar-refractivity contribution in [2.75, 3.05) is 6.61 Å². The van der Waals surface area contributed by atoms with Crippen molar-refractivity contribution in [2.45, 2.75) is 18.9 Å². The number of ketones is 1. The summed E-state index contributed by atoms with van der Waals surface area (Å²) in [6, 6.07) is 9.79. The summed E-state index contributed by atoms with van der Waals surface area (Å²) in [7, 11) is 0. The monoisotopic (exact) mass is 176 g/mol. The van der Waals surface area contributed by atoms with Crippen molar-refractivity contribution in [2.24, 2.45) is 0 Å². The van der Waals surface area contributed by atoms with Gasteiger partial charge in [-0.15, -0.1) is 0 Å². The standard InChI is InChI=1S/C11H12O2/c1-2-13-11-9(10(11)12)8-6-4-3-5-7-8/h3-7,9,11H,2H2,1H3. The number of Topliss-reactive ketones (excluding diaryl/α,β-unsaturated/α-hetero) is 1. The lowest BCUT2D eigenvalue weighted by Gasteiger charge is -1.96. The Balaban J connectivity index is 2.09. The van der Waals surface area contributed by atoms with Crippen molar-refractivity contribution in [1.82, 2.24) is 0 Å². The molecule has 1 saturated carbocycles. The van der Waals surface area contributed by atoms with Gasteiger partial charge in [0.1, 0.15) is 6.10 Å². The van der Waals surface area contributed by atoms with E-state index >= 15 is 0 Å². The molecule has 2 rings (SSSR count). The van der Waals surface area contributed by atoms with Gasteiger partial charge in [-0.2, -0.15) is 0 Å². The topological polar surface area (TPSA) is 26.3 Å². The number of hydrogen-bond acceptors (Lipinski definition) is 2. The van der Waals surface area contributed by atoms with Crippen LogP contribution in [0.4, 0.5) is 0 Å². The average molecular weight is 176 g/mol. The third kappa shape index (κ3) is 1.49. The van der Waals surface area contributed by atoms with Crippen molar-refractivity contribution >= 4 is 5.78 Å². The Labute approximate surface area is 77.5 Å². The number of rotatable bonds is 3. The van der Waals surface area contributed by atoms with Gasteiger partial charge in [0, 0.05) is 6.61 Å². The molecule has 0 aliphatic heterocycles. The first-order valence-corrected chi connectivity index (χ1v) is 4.55. The highest BCUT2D eigenvalue weighted by molar-refractivity contribution is 6.07. The second-order valence-corrected chi connectivity index (χ2v) is 3.17. The van der Waals surface area contributed by atoms with E-state index in [0.717, 1.165) is 5.56 Å². The summed E-state index contributed by atoms with van der Waals surface area (Å²) in [5.74, 6) is 0.217. The lowest BCUT2D eigenvalue weighted by atomic mass is 10.1. The molecular formula is C11H12O2. The molecule has 13 heavy (non-hydrogen) atoms. The molecule has 2 unspecified atom stereocenters. The Hall–Kier alpha value is -1.15. The molecule has 1 fully saturated rings. The zero-order valence-electron chi connectivity index (χ0n) is 7.57. The highest BCUT2D eigenvalue weighted by atomic mass is 16.5. The van der Waals surface area contributed by atoms with Crippen LogP contribution in [-0.4, -0.2) is 18.5 Å². The van der Waals surface area contributed by atoms with E-state index in [0.29, 0.717) is 6.61 Å². The van der Waals surface area contributed by atoms with E-state index in [1.165, 1.54) is 0 Å². The lowest BCUT2D eigenvalue weighted by Crippen LogP contribution is -1.96. The third-order valence-corrected chi connectivity index (χ3v) is 2.29. The zero-order valence-corrected chi connectivity index (χ0v) is 7.57. The molecule has 0 saturated heterocycles. The maximum absolute atomic E-state index is 11.3. The molecular weight excluding hydrogens is 164 g/mol. The number of hydrogen-bond donors (Lipinski definition) is 0. The number of carbonyl (C=O) groups is 1.